The maximum absolute atomic E-state index is 13.2. The SMILES string of the molecule is CCCCCCCCOC(=O)C(CCCC)C(=O)c1c(C)cc(C)cc1C. The van der Waals surface area contributed by atoms with E-state index in [9.17, 15) is 9.59 Å². The summed E-state index contributed by atoms with van der Waals surface area (Å²) in [6, 6.07) is 4.03. The lowest BCUT2D eigenvalue weighted by atomic mass is 9.87. The minimum atomic E-state index is -0.676. The highest BCUT2D eigenvalue weighted by Gasteiger charge is 2.30. The zero-order chi connectivity index (χ0) is 20.2. The van der Waals surface area contributed by atoms with Gasteiger partial charge in [0.05, 0.1) is 6.61 Å². The third-order valence-electron chi connectivity index (χ3n) is 5.11. The molecule has 0 spiro atoms. The molecule has 0 radical (unpaired) electrons. The first kappa shape index (κ1) is 23.4. The maximum Gasteiger partial charge on any atom is 0.316 e. The van der Waals surface area contributed by atoms with Crippen molar-refractivity contribution in [3.05, 3.63) is 34.4 Å². The second-order valence-corrected chi connectivity index (χ2v) is 7.77. The van der Waals surface area contributed by atoms with Crippen LogP contribution in [0.3, 0.4) is 0 Å². The van der Waals surface area contributed by atoms with E-state index in [1.165, 1.54) is 25.7 Å². The molecule has 0 saturated heterocycles. The smallest absolute Gasteiger partial charge is 0.316 e. The second-order valence-electron chi connectivity index (χ2n) is 7.77. The number of Topliss-reactive ketones (excluding diaryl/α,β-unsaturated/α-hetero) is 1. The van der Waals surface area contributed by atoms with Crippen molar-refractivity contribution in [3.63, 3.8) is 0 Å². The number of ketones is 1. The van der Waals surface area contributed by atoms with Crippen LogP contribution < -0.4 is 0 Å². The van der Waals surface area contributed by atoms with Crippen LogP contribution in [0.15, 0.2) is 12.1 Å². The van der Waals surface area contributed by atoms with E-state index in [-0.39, 0.29) is 11.8 Å². The van der Waals surface area contributed by atoms with Crippen molar-refractivity contribution in [1.82, 2.24) is 0 Å². The zero-order valence-corrected chi connectivity index (χ0v) is 18.0. The summed E-state index contributed by atoms with van der Waals surface area (Å²) < 4.78 is 5.49. The summed E-state index contributed by atoms with van der Waals surface area (Å²) in [4.78, 5) is 25.8. The normalized spacial score (nSPS) is 12.0. The maximum atomic E-state index is 13.2. The van der Waals surface area contributed by atoms with Gasteiger partial charge in [-0.05, 0) is 44.7 Å². The fourth-order valence-corrected chi connectivity index (χ4v) is 3.66. The van der Waals surface area contributed by atoms with Crippen molar-refractivity contribution in [3.8, 4) is 0 Å². The highest BCUT2D eigenvalue weighted by atomic mass is 16.5. The Kier molecular flexibility index (Phi) is 11.0. The van der Waals surface area contributed by atoms with E-state index in [0.717, 1.165) is 42.4 Å². The van der Waals surface area contributed by atoms with Gasteiger partial charge in [-0.25, -0.2) is 0 Å². The highest BCUT2D eigenvalue weighted by Crippen LogP contribution is 2.24. The molecule has 0 aliphatic rings. The Morgan fingerprint density at radius 1 is 0.852 bits per heavy atom. The van der Waals surface area contributed by atoms with Gasteiger partial charge in [0, 0.05) is 5.56 Å². The van der Waals surface area contributed by atoms with Gasteiger partial charge in [0.25, 0.3) is 0 Å². The van der Waals surface area contributed by atoms with Crippen LogP contribution in [0.25, 0.3) is 0 Å². The lowest BCUT2D eigenvalue weighted by molar-refractivity contribution is -0.147. The topological polar surface area (TPSA) is 43.4 Å². The summed E-state index contributed by atoms with van der Waals surface area (Å²) in [7, 11) is 0. The minimum Gasteiger partial charge on any atom is -0.465 e. The summed E-state index contributed by atoms with van der Waals surface area (Å²) in [5, 5.41) is 0. The molecular formula is C24H38O3. The molecule has 0 aromatic heterocycles. The van der Waals surface area contributed by atoms with Crippen LogP contribution in [0, 0.1) is 26.7 Å². The van der Waals surface area contributed by atoms with Crippen LogP contribution in [0.4, 0.5) is 0 Å². The van der Waals surface area contributed by atoms with E-state index < -0.39 is 5.92 Å². The summed E-state index contributed by atoms with van der Waals surface area (Å²) in [6.45, 7) is 10.6. The number of ether oxygens (including phenoxy) is 1. The van der Waals surface area contributed by atoms with E-state index in [0.29, 0.717) is 18.6 Å². The molecule has 1 aromatic carbocycles. The Balaban J connectivity index is 2.71. The van der Waals surface area contributed by atoms with E-state index in [1.807, 2.05) is 32.9 Å². The first-order valence-corrected chi connectivity index (χ1v) is 10.7. The van der Waals surface area contributed by atoms with Crippen molar-refractivity contribution in [2.45, 2.75) is 92.4 Å². The molecule has 0 heterocycles. The van der Waals surface area contributed by atoms with Gasteiger partial charge in [-0.1, -0.05) is 76.5 Å². The predicted octanol–water partition coefficient (Wildman–Crippen LogP) is 6.50. The number of benzene rings is 1. The lowest BCUT2D eigenvalue weighted by Gasteiger charge is -2.18. The molecule has 0 fully saturated rings. The first-order chi connectivity index (χ1) is 12.9. The molecule has 0 saturated carbocycles. The molecule has 27 heavy (non-hydrogen) atoms. The third-order valence-corrected chi connectivity index (χ3v) is 5.11. The summed E-state index contributed by atoms with van der Waals surface area (Å²) in [5.74, 6) is -1.10. The standard InChI is InChI=1S/C24H38O3/c1-6-8-10-11-12-13-15-27-24(26)21(14-9-7-2)23(25)22-19(4)16-18(3)17-20(22)5/h16-17,21H,6-15H2,1-5H3. The molecule has 0 aliphatic heterocycles. The number of esters is 1. The van der Waals surface area contributed by atoms with Crippen molar-refractivity contribution < 1.29 is 14.3 Å². The predicted molar refractivity (Wildman–Crippen MR) is 112 cm³/mol. The monoisotopic (exact) mass is 374 g/mol. The molecule has 0 bridgehead atoms. The van der Waals surface area contributed by atoms with Gasteiger partial charge in [-0.15, -0.1) is 0 Å². The van der Waals surface area contributed by atoms with Gasteiger partial charge >= 0.3 is 5.97 Å². The molecule has 0 amide bonds. The van der Waals surface area contributed by atoms with Gasteiger partial charge in [-0.2, -0.15) is 0 Å². The second kappa shape index (κ2) is 12.7. The van der Waals surface area contributed by atoms with Gasteiger partial charge in [0.1, 0.15) is 5.92 Å². The van der Waals surface area contributed by atoms with Crippen LogP contribution in [0.2, 0.25) is 0 Å². The highest BCUT2D eigenvalue weighted by molar-refractivity contribution is 6.10. The third kappa shape index (κ3) is 7.86. The largest absolute Gasteiger partial charge is 0.465 e. The van der Waals surface area contributed by atoms with E-state index in [4.69, 9.17) is 4.74 Å². The molecule has 1 atom stereocenters. The molecule has 1 aromatic rings. The quantitative estimate of drug-likeness (QED) is 0.171. The van der Waals surface area contributed by atoms with Gasteiger partial charge in [0.2, 0.25) is 0 Å². The minimum absolute atomic E-state index is 0.0774. The molecule has 0 N–H and O–H groups in total. The van der Waals surface area contributed by atoms with Crippen LogP contribution >= 0.6 is 0 Å². The van der Waals surface area contributed by atoms with Crippen LogP contribution in [0.5, 0.6) is 0 Å². The Hall–Kier alpha value is -1.64. The summed E-state index contributed by atoms with van der Waals surface area (Å²) >= 11 is 0. The van der Waals surface area contributed by atoms with Crippen LogP contribution in [-0.2, 0) is 9.53 Å². The van der Waals surface area contributed by atoms with Crippen LogP contribution in [0.1, 0.15) is 98.7 Å². The fourth-order valence-electron chi connectivity index (χ4n) is 3.66. The molecule has 3 nitrogen and oxygen atoms in total. The van der Waals surface area contributed by atoms with E-state index in [1.54, 1.807) is 0 Å². The molecule has 1 unspecified atom stereocenters. The number of carbonyl (C=O) groups is 2. The number of rotatable bonds is 13. The van der Waals surface area contributed by atoms with Crippen molar-refractivity contribution in [2.75, 3.05) is 6.61 Å². The van der Waals surface area contributed by atoms with Crippen molar-refractivity contribution >= 4 is 11.8 Å². The average molecular weight is 375 g/mol. The Morgan fingerprint density at radius 2 is 1.41 bits per heavy atom. The molecule has 152 valence electrons. The van der Waals surface area contributed by atoms with E-state index in [2.05, 4.69) is 13.8 Å². The van der Waals surface area contributed by atoms with Crippen molar-refractivity contribution in [2.24, 2.45) is 5.92 Å². The molecule has 0 aliphatic carbocycles. The van der Waals surface area contributed by atoms with E-state index >= 15 is 0 Å². The number of unbranched alkanes of at least 4 members (excludes halogenated alkanes) is 6. The first-order valence-electron chi connectivity index (χ1n) is 10.7. The lowest BCUT2D eigenvalue weighted by Crippen LogP contribution is -2.28. The van der Waals surface area contributed by atoms with Gasteiger partial charge < -0.3 is 4.74 Å². The number of hydrogen-bond acceptors (Lipinski definition) is 3. The number of aryl methyl sites for hydroxylation is 3. The molecule has 3 heteroatoms. The van der Waals surface area contributed by atoms with Gasteiger partial charge in [-0.3, -0.25) is 9.59 Å². The Labute approximate surface area is 165 Å². The fraction of sp³-hybridized carbons (Fsp3) is 0.667. The number of hydrogen-bond donors (Lipinski definition) is 0. The average Bonchev–Trinajstić information content (AvgIpc) is 2.60. The van der Waals surface area contributed by atoms with Crippen LogP contribution in [-0.4, -0.2) is 18.4 Å². The zero-order valence-electron chi connectivity index (χ0n) is 18.0. The number of carbonyl (C=O) groups excluding carboxylic acids is 2. The Morgan fingerprint density at radius 3 is 2.00 bits per heavy atom. The molecular weight excluding hydrogens is 336 g/mol. The van der Waals surface area contributed by atoms with Gasteiger partial charge in [0.15, 0.2) is 5.78 Å². The summed E-state index contributed by atoms with van der Waals surface area (Å²) in [6.07, 6.45) is 9.27. The summed E-state index contributed by atoms with van der Waals surface area (Å²) in [5.41, 5.74) is 3.72. The van der Waals surface area contributed by atoms with Crippen molar-refractivity contribution in [1.29, 1.82) is 0 Å². The molecule has 1 rings (SSSR count). The Bertz CT molecular complexity index is 581.